The van der Waals surface area contributed by atoms with E-state index in [2.05, 4.69) is 33.9 Å². The van der Waals surface area contributed by atoms with Gasteiger partial charge in [-0.2, -0.15) is 0 Å². The van der Waals surface area contributed by atoms with E-state index in [0.717, 1.165) is 13.2 Å². The van der Waals surface area contributed by atoms with Crippen molar-refractivity contribution in [1.29, 1.82) is 0 Å². The highest BCUT2D eigenvalue weighted by molar-refractivity contribution is 6.64. The molecule has 0 saturated heterocycles. The Morgan fingerprint density at radius 1 is 0.536 bits per heavy atom. The molecule has 28 heavy (non-hydrogen) atoms. The first kappa shape index (κ1) is 28.1. The SMILES string of the molecule is CCCCCCCCCCCCCCCCCO[Si](C)(C)OCC(CC)CC. The molecule has 0 fully saturated rings. The molecule has 0 N–H and O–H groups in total. The molecule has 0 heterocycles. The van der Waals surface area contributed by atoms with Crippen LogP contribution < -0.4 is 0 Å². The van der Waals surface area contributed by atoms with Crippen LogP contribution in [0.1, 0.15) is 130 Å². The molecule has 0 bridgehead atoms. The highest BCUT2D eigenvalue weighted by atomic mass is 28.4. The monoisotopic (exact) mass is 414 g/mol. The van der Waals surface area contributed by atoms with Gasteiger partial charge in [0.25, 0.3) is 0 Å². The zero-order valence-electron chi connectivity index (χ0n) is 20.3. The third-order valence-electron chi connectivity index (χ3n) is 6.02. The van der Waals surface area contributed by atoms with Gasteiger partial charge in [0, 0.05) is 13.2 Å². The summed E-state index contributed by atoms with van der Waals surface area (Å²) in [6.45, 7) is 13.0. The second-order valence-electron chi connectivity index (χ2n) is 9.19. The quantitative estimate of drug-likeness (QED) is 0.130. The lowest BCUT2D eigenvalue weighted by molar-refractivity contribution is 0.148. The van der Waals surface area contributed by atoms with Crippen molar-refractivity contribution in [3.63, 3.8) is 0 Å². The topological polar surface area (TPSA) is 18.5 Å². The minimum atomic E-state index is -1.91. The predicted molar refractivity (Wildman–Crippen MR) is 128 cm³/mol. The molecule has 0 aromatic carbocycles. The first-order valence-electron chi connectivity index (χ1n) is 12.8. The maximum absolute atomic E-state index is 6.11. The summed E-state index contributed by atoms with van der Waals surface area (Å²) in [6.07, 6.45) is 23.6. The second-order valence-corrected chi connectivity index (χ2v) is 12.6. The third kappa shape index (κ3) is 19.5. The molecular weight excluding hydrogens is 360 g/mol. The maximum atomic E-state index is 6.11. The number of unbranched alkanes of at least 4 members (excludes halogenated alkanes) is 14. The minimum absolute atomic E-state index is 0.696. The smallest absolute Gasteiger partial charge is 0.331 e. The average Bonchev–Trinajstić information content (AvgIpc) is 2.68. The van der Waals surface area contributed by atoms with Crippen LogP contribution in [0.15, 0.2) is 0 Å². The van der Waals surface area contributed by atoms with E-state index in [1.807, 2.05) is 0 Å². The Bertz CT molecular complexity index is 303. The van der Waals surface area contributed by atoms with Crippen LogP contribution in [0.5, 0.6) is 0 Å². The molecule has 0 rings (SSSR count). The van der Waals surface area contributed by atoms with E-state index in [9.17, 15) is 0 Å². The third-order valence-corrected chi connectivity index (χ3v) is 7.78. The van der Waals surface area contributed by atoms with Crippen LogP contribution in [0.25, 0.3) is 0 Å². The summed E-state index contributed by atoms with van der Waals surface area (Å²) in [5, 5.41) is 0. The van der Waals surface area contributed by atoms with E-state index in [1.54, 1.807) is 0 Å². The van der Waals surface area contributed by atoms with Gasteiger partial charge in [0.1, 0.15) is 0 Å². The van der Waals surface area contributed by atoms with Gasteiger partial charge in [0.2, 0.25) is 0 Å². The fraction of sp³-hybridized carbons (Fsp3) is 1.00. The van der Waals surface area contributed by atoms with Crippen molar-refractivity contribution in [2.45, 2.75) is 143 Å². The number of hydrogen-bond donors (Lipinski definition) is 0. The molecule has 3 heteroatoms. The first-order valence-corrected chi connectivity index (χ1v) is 15.6. The van der Waals surface area contributed by atoms with Crippen LogP contribution in [0.2, 0.25) is 13.1 Å². The number of hydrogen-bond acceptors (Lipinski definition) is 2. The molecule has 0 aliphatic rings. The van der Waals surface area contributed by atoms with Gasteiger partial charge in [-0.15, -0.1) is 0 Å². The van der Waals surface area contributed by atoms with Crippen molar-refractivity contribution < 1.29 is 8.85 Å². The summed E-state index contributed by atoms with van der Waals surface area (Å²) in [5.74, 6) is 0.696. The van der Waals surface area contributed by atoms with Crippen molar-refractivity contribution in [2.75, 3.05) is 13.2 Å². The predicted octanol–water partition coefficient (Wildman–Crippen LogP) is 9.03. The Morgan fingerprint density at radius 3 is 1.32 bits per heavy atom. The highest BCUT2D eigenvalue weighted by Crippen LogP contribution is 2.16. The Kier molecular flexibility index (Phi) is 20.5. The molecule has 2 nitrogen and oxygen atoms in total. The molecule has 0 spiro atoms. The zero-order chi connectivity index (χ0) is 20.9. The summed E-state index contributed by atoms with van der Waals surface area (Å²) >= 11 is 0. The molecule has 0 amide bonds. The Hall–Kier alpha value is 0.137. The average molecular weight is 415 g/mol. The molecule has 0 atom stereocenters. The Labute approximate surface area is 179 Å². The Balaban J connectivity index is 3.30. The van der Waals surface area contributed by atoms with E-state index in [-0.39, 0.29) is 0 Å². The largest absolute Gasteiger partial charge is 0.395 e. The highest BCUT2D eigenvalue weighted by Gasteiger charge is 2.25. The lowest BCUT2D eigenvalue weighted by Crippen LogP contribution is -2.36. The minimum Gasteiger partial charge on any atom is -0.395 e. The van der Waals surface area contributed by atoms with Gasteiger partial charge in [-0.05, 0) is 25.4 Å². The van der Waals surface area contributed by atoms with Gasteiger partial charge in [-0.25, -0.2) is 0 Å². The molecule has 0 aromatic heterocycles. The molecule has 0 aliphatic carbocycles. The Morgan fingerprint density at radius 2 is 0.929 bits per heavy atom. The van der Waals surface area contributed by atoms with Gasteiger partial charge < -0.3 is 8.85 Å². The second kappa shape index (κ2) is 20.4. The summed E-state index contributed by atoms with van der Waals surface area (Å²) in [5.41, 5.74) is 0. The van der Waals surface area contributed by atoms with Gasteiger partial charge in [0.05, 0.1) is 0 Å². The lowest BCUT2D eigenvalue weighted by atomic mass is 10.0. The molecule has 0 unspecified atom stereocenters. The molecule has 0 radical (unpaired) electrons. The molecular formula is C25H54O2Si. The van der Waals surface area contributed by atoms with Gasteiger partial charge in [-0.3, -0.25) is 0 Å². The van der Waals surface area contributed by atoms with E-state index in [0.29, 0.717) is 5.92 Å². The van der Waals surface area contributed by atoms with Crippen LogP contribution in [0.3, 0.4) is 0 Å². The summed E-state index contributed by atoms with van der Waals surface area (Å²) in [7, 11) is -1.91. The summed E-state index contributed by atoms with van der Waals surface area (Å²) in [4.78, 5) is 0. The van der Waals surface area contributed by atoms with Gasteiger partial charge in [-0.1, -0.05) is 124 Å². The van der Waals surface area contributed by atoms with Crippen LogP contribution in [-0.4, -0.2) is 21.8 Å². The van der Waals surface area contributed by atoms with Crippen molar-refractivity contribution in [1.82, 2.24) is 0 Å². The number of rotatable bonds is 22. The van der Waals surface area contributed by atoms with E-state index < -0.39 is 8.56 Å². The maximum Gasteiger partial charge on any atom is 0.331 e. The van der Waals surface area contributed by atoms with Crippen LogP contribution in [0.4, 0.5) is 0 Å². The van der Waals surface area contributed by atoms with Crippen LogP contribution >= 0.6 is 0 Å². The molecule has 0 saturated carbocycles. The van der Waals surface area contributed by atoms with E-state index in [4.69, 9.17) is 8.85 Å². The van der Waals surface area contributed by atoms with Crippen LogP contribution in [-0.2, 0) is 8.85 Å². The van der Waals surface area contributed by atoms with Gasteiger partial charge in [0.15, 0.2) is 0 Å². The standard InChI is InChI=1S/C25H54O2Si/c1-6-9-10-11-12-13-14-15-16-17-18-19-20-21-22-23-26-28(4,5)27-24-25(7-2)8-3/h25H,6-24H2,1-5H3. The van der Waals surface area contributed by atoms with Crippen molar-refractivity contribution in [3.8, 4) is 0 Å². The van der Waals surface area contributed by atoms with Crippen molar-refractivity contribution in [3.05, 3.63) is 0 Å². The molecule has 170 valence electrons. The van der Waals surface area contributed by atoms with E-state index >= 15 is 0 Å². The molecule has 0 aliphatic heterocycles. The van der Waals surface area contributed by atoms with Crippen LogP contribution in [0, 0.1) is 5.92 Å². The summed E-state index contributed by atoms with van der Waals surface area (Å²) in [6, 6.07) is 0. The fourth-order valence-corrected chi connectivity index (χ4v) is 5.03. The van der Waals surface area contributed by atoms with E-state index in [1.165, 1.54) is 109 Å². The first-order chi connectivity index (χ1) is 13.6. The lowest BCUT2D eigenvalue weighted by Gasteiger charge is -2.25. The van der Waals surface area contributed by atoms with Crippen molar-refractivity contribution >= 4 is 8.56 Å². The zero-order valence-corrected chi connectivity index (χ0v) is 21.3. The molecule has 0 aromatic rings. The fourth-order valence-electron chi connectivity index (χ4n) is 3.68. The normalized spacial score (nSPS) is 12.2. The van der Waals surface area contributed by atoms with Crippen molar-refractivity contribution in [2.24, 2.45) is 5.92 Å². The van der Waals surface area contributed by atoms with Gasteiger partial charge >= 0.3 is 8.56 Å². The summed E-state index contributed by atoms with van der Waals surface area (Å²) < 4.78 is 12.2.